The van der Waals surface area contributed by atoms with Gasteiger partial charge in [0.05, 0.1) is 6.61 Å². The van der Waals surface area contributed by atoms with Crippen molar-refractivity contribution in [3.05, 3.63) is 0 Å². The van der Waals surface area contributed by atoms with Crippen LogP contribution in [0.15, 0.2) is 0 Å². The van der Waals surface area contributed by atoms with Gasteiger partial charge >= 0.3 is 0 Å². The Bertz CT molecular complexity index is 245. The average Bonchev–Trinajstić information content (AvgIpc) is 3.02. The summed E-state index contributed by atoms with van der Waals surface area (Å²) in [7, 11) is 0. The van der Waals surface area contributed by atoms with Crippen LogP contribution in [0.1, 0.15) is 44.9 Å². The third-order valence-electron chi connectivity index (χ3n) is 3.41. The van der Waals surface area contributed by atoms with Gasteiger partial charge in [-0.15, -0.1) is 0 Å². The van der Waals surface area contributed by atoms with Gasteiger partial charge in [-0.05, 0) is 25.7 Å². The van der Waals surface area contributed by atoms with Crippen molar-refractivity contribution in [1.29, 1.82) is 0 Å². The number of carbonyl (C=O) groups is 1. The van der Waals surface area contributed by atoms with Gasteiger partial charge in [-0.25, -0.2) is 0 Å². The van der Waals surface area contributed by atoms with E-state index in [2.05, 4.69) is 5.32 Å². The first-order valence-corrected chi connectivity index (χ1v) is 6.34. The molecule has 3 N–H and O–H groups in total. The molecular formula is C12H22N2O2. The van der Waals surface area contributed by atoms with E-state index in [9.17, 15) is 4.79 Å². The van der Waals surface area contributed by atoms with Crippen molar-refractivity contribution in [2.45, 2.75) is 56.5 Å². The minimum absolute atomic E-state index is 0.00177. The number of nitrogens with one attached hydrogen (secondary N) is 1. The van der Waals surface area contributed by atoms with Crippen LogP contribution in [0.4, 0.5) is 0 Å². The largest absolute Gasteiger partial charge is 0.370 e. The van der Waals surface area contributed by atoms with Crippen LogP contribution < -0.4 is 11.1 Å². The van der Waals surface area contributed by atoms with Crippen LogP contribution >= 0.6 is 0 Å². The molecule has 0 bridgehead atoms. The van der Waals surface area contributed by atoms with E-state index in [1.807, 2.05) is 0 Å². The molecular weight excluding hydrogens is 204 g/mol. The van der Waals surface area contributed by atoms with Gasteiger partial charge in [0.15, 0.2) is 0 Å². The van der Waals surface area contributed by atoms with E-state index >= 15 is 0 Å². The summed E-state index contributed by atoms with van der Waals surface area (Å²) in [4.78, 5) is 11.4. The number of ether oxygens (including phenoxy) is 1. The third-order valence-corrected chi connectivity index (χ3v) is 3.41. The predicted molar refractivity (Wildman–Crippen MR) is 62.0 cm³/mol. The topological polar surface area (TPSA) is 64.3 Å². The second-order valence-corrected chi connectivity index (χ2v) is 5.26. The van der Waals surface area contributed by atoms with Crippen molar-refractivity contribution in [3.63, 3.8) is 0 Å². The van der Waals surface area contributed by atoms with Gasteiger partial charge in [0.2, 0.25) is 5.91 Å². The maximum absolute atomic E-state index is 11.4. The second kappa shape index (κ2) is 5.15. The Labute approximate surface area is 96.9 Å². The van der Waals surface area contributed by atoms with Crippen LogP contribution in [0.3, 0.4) is 0 Å². The van der Waals surface area contributed by atoms with Gasteiger partial charge in [-0.3, -0.25) is 4.79 Å². The molecule has 0 aromatic carbocycles. The molecule has 0 saturated heterocycles. The molecule has 4 heteroatoms. The molecule has 1 amide bonds. The standard InChI is InChI=1S/C12H22N2O2/c13-12(6-2-1-3-7-12)9-16-8-11(15)14-10-4-5-10/h10H,1-9,13H2,(H,14,15). The zero-order valence-corrected chi connectivity index (χ0v) is 9.84. The number of hydrogen-bond acceptors (Lipinski definition) is 3. The van der Waals surface area contributed by atoms with E-state index in [0.717, 1.165) is 25.7 Å². The molecule has 2 saturated carbocycles. The third kappa shape index (κ3) is 3.76. The lowest BCUT2D eigenvalue weighted by molar-refractivity contribution is -0.126. The molecule has 0 spiro atoms. The normalized spacial score (nSPS) is 24.1. The lowest BCUT2D eigenvalue weighted by Gasteiger charge is -2.32. The quantitative estimate of drug-likeness (QED) is 0.733. The molecule has 92 valence electrons. The van der Waals surface area contributed by atoms with Crippen molar-refractivity contribution in [2.75, 3.05) is 13.2 Å². The minimum atomic E-state index is -0.182. The van der Waals surface area contributed by atoms with Crippen molar-refractivity contribution in [2.24, 2.45) is 5.73 Å². The van der Waals surface area contributed by atoms with Crippen LogP contribution in [0.25, 0.3) is 0 Å². The molecule has 2 aliphatic rings. The van der Waals surface area contributed by atoms with E-state index in [0.29, 0.717) is 12.6 Å². The zero-order valence-electron chi connectivity index (χ0n) is 9.84. The van der Waals surface area contributed by atoms with Crippen molar-refractivity contribution in [3.8, 4) is 0 Å². The SMILES string of the molecule is NC1(COCC(=O)NC2CC2)CCCCC1. The molecule has 0 aromatic rings. The lowest BCUT2D eigenvalue weighted by atomic mass is 9.83. The highest BCUT2D eigenvalue weighted by atomic mass is 16.5. The number of rotatable bonds is 5. The molecule has 16 heavy (non-hydrogen) atoms. The molecule has 0 radical (unpaired) electrons. The van der Waals surface area contributed by atoms with Crippen molar-refractivity contribution >= 4 is 5.91 Å². The summed E-state index contributed by atoms with van der Waals surface area (Å²) in [5, 5.41) is 2.90. The Balaban J connectivity index is 1.60. The fourth-order valence-corrected chi connectivity index (χ4v) is 2.24. The number of nitrogens with two attached hydrogens (primary N) is 1. The first kappa shape index (κ1) is 11.9. The summed E-state index contributed by atoms with van der Waals surface area (Å²) >= 11 is 0. The monoisotopic (exact) mass is 226 g/mol. The van der Waals surface area contributed by atoms with Gasteiger partial charge in [0, 0.05) is 11.6 Å². The first-order valence-electron chi connectivity index (χ1n) is 6.34. The van der Waals surface area contributed by atoms with Crippen molar-refractivity contribution < 1.29 is 9.53 Å². The highest BCUT2D eigenvalue weighted by Gasteiger charge is 2.28. The molecule has 0 aliphatic heterocycles. The Hall–Kier alpha value is -0.610. The summed E-state index contributed by atoms with van der Waals surface area (Å²) in [6.07, 6.45) is 7.94. The summed E-state index contributed by atoms with van der Waals surface area (Å²) in [6, 6.07) is 0.414. The Morgan fingerprint density at radius 3 is 2.62 bits per heavy atom. The smallest absolute Gasteiger partial charge is 0.246 e. The summed E-state index contributed by atoms with van der Waals surface area (Å²) in [6.45, 7) is 0.681. The van der Waals surface area contributed by atoms with Crippen LogP contribution in [-0.4, -0.2) is 30.7 Å². The van der Waals surface area contributed by atoms with Gasteiger partial charge < -0.3 is 15.8 Å². The summed E-state index contributed by atoms with van der Waals surface area (Å²) in [5.74, 6) is 0.00177. The molecule has 0 unspecified atom stereocenters. The maximum atomic E-state index is 11.4. The highest BCUT2D eigenvalue weighted by molar-refractivity contribution is 5.77. The van der Waals surface area contributed by atoms with Crippen LogP contribution in [0, 0.1) is 0 Å². The molecule has 2 fully saturated rings. The van der Waals surface area contributed by atoms with E-state index in [1.165, 1.54) is 19.3 Å². The number of hydrogen-bond donors (Lipinski definition) is 2. The Morgan fingerprint density at radius 1 is 1.31 bits per heavy atom. The first-order chi connectivity index (χ1) is 7.68. The number of amides is 1. The Kier molecular flexibility index (Phi) is 3.82. The fourth-order valence-electron chi connectivity index (χ4n) is 2.24. The van der Waals surface area contributed by atoms with E-state index in [-0.39, 0.29) is 18.1 Å². The van der Waals surface area contributed by atoms with E-state index < -0.39 is 0 Å². The highest BCUT2D eigenvalue weighted by Crippen LogP contribution is 2.26. The van der Waals surface area contributed by atoms with Gasteiger partial charge in [-0.2, -0.15) is 0 Å². The van der Waals surface area contributed by atoms with Crippen LogP contribution in [0.2, 0.25) is 0 Å². The number of carbonyl (C=O) groups excluding carboxylic acids is 1. The van der Waals surface area contributed by atoms with Gasteiger partial charge in [0.1, 0.15) is 6.61 Å². The fraction of sp³-hybridized carbons (Fsp3) is 0.917. The molecule has 0 heterocycles. The summed E-state index contributed by atoms with van der Waals surface area (Å²) < 4.78 is 5.43. The zero-order chi connectivity index (χ0) is 11.4. The molecule has 2 rings (SSSR count). The minimum Gasteiger partial charge on any atom is -0.370 e. The molecule has 4 nitrogen and oxygen atoms in total. The predicted octanol–water partition coefficient (Wildman–Crippen LogP) is 0.943. The molecule has 0 atom stereocenters. The molecule has 2 aliphatic carbocycles. The lowest BCUT2D eigenvalue weighted by Crippen LogP contribution is -2.46. The van der Waals surface area contributed by atoms with Crippen LogP contribution in [-0.2, 0) is 9.53 Å². The van der Waals surface area contributed by atoms with E-state index in [1.54, 1.807) is 0 Å². The molecule has 0 aromatic heterocycles. The second-order valence-electron chi connectivity index (χ2n) is 5.26. The average molecular weight is 226 g/mol. The van der Waals surface area contributed by atoms with E-state index in [4.69, 9.17) is 10.5 Å². The van der Waals surface area contributed by atoms with Crippen LogP contribution in [0.5, 0.6) is 0 Å². The van der Waals surface area contributed by atoms with Gasteiger partial charge in [-0.1, -0.05) is 19.3 Å². The maximum Gasteiger partial charge on any atom is 0.246 e. The van der Waals surface area contributed by atoms with Crippen molar-refractivity contribution in [1.82, 2.24) is 5.32 Å². The Morgan fingerprint density at radius 2 is 2.00 bits per heavy atom. The van der Waals surface area contributed by atoms with Gasteiger partial charge in [0.25, 0.3) is 0 Å². The summed E-state index contributed by atoms with van der Waals surface area (Å²) in [5.41, 5.74) is 6.02.